The number of pyridine rings is 1. The summed E-state index contributed by atoms with van der Waals surface area (Å²) in [5.41, 5.74) is 6.71. The Morgan fingerprint density at radius 1 is 1.12 bits per heavy atom. The number of anilines is 1. The zero-order valence-electron chi connectivity index (χ0n) is 18.3. The normalized spacial score (nSPS) is 30.2. The molecule has 3 saturated carbocycles. The molecule has 0 amide bonds. The molecule has 4 fully saturated rings. The first-order valence-corrected chi connectivity index (χ1v) is 11.8. The Hall–Kier alpha value is -2.33. The largest absolute Gasteiger partial charge is 0.573 e. The van der Waals surface area contributed by atoms with Crippen LogP contribution in [-0.4, -0.2) is 58.1 Å². The fourth-order valence-corrected chi connectivity index (χ4v) is 5.85. The summed E-state index contributed by atoms with van der Waals surface area (Å²) in [6.45, 7) is 3.81. The maximum atomic E-state index is 12.7. The number of ether oxygens (including phenoxy) is 2. The summed E-state index contributed by atoms with van der Waals surface area (Å²) in [4.78, 5) is 11.3. The highest BCUT2D eigenvalue weighted by atomic mass is 19.4. The number of nitrogen functional groups attached to an aromatic ring is 1. The van der Waals surface area contributed by atoms with Gasteiger partial charge in [-0.15, -0.1) is 13.2 Å². The van der Waals surface area contributed by atoms with Gasteiger partial charge in [-0.05, 0) is 50.0 Å². The summed E-state index contributed by atoms with van der Waals surface area (Å²) in [5.74, 6) is 2.00. The van der Waals surface area contributed by atoms with Crippen LogP contribution in [0.5, 0.6) is 5.75 Å². The van der Waals surface area contributed by atoms with Crippen molar-refractivity contribution in [3.05, 3.63) is 24.3 Å². The summed E-state index contributed by atoms with van der Waals surface area (Å²) in [6.07, 6.45) is 4.34. The van der Waals surface area contributed by atoms with Gasteiger partial charge in [0, 0.05) is 55.7 Å². The van der Waals surface area contributed by atoms with E-state index in [0.717, 1.165) is 51.4 Å². The van der Waals surface area contributed by atoms with Gasteiger partial charge in [-0.2, -0.15) is 0 Å². The van der Waals surface area contributed by atoms with Crippen molar-refractivity contribution in [2.45, 2.75) is 56.5 Å². The van der Waals surface area contributed by atoms with Crippen LogP contribution in [0.1, 0.15) is 49.9 Å². The van der Waals surface area contributed by atoms with Crippen molar-refractivity contribution >= 4 is 5.82 Å². The first-order valence-electron chi connectivity index (χ1n) is 11.8. The van der Waals surface area contributed by atoms with E-state index < -0.39 is 12.1 Å². The van der Waals surface area contributed by atoms with Crippen molar-refractivity contribution in [2.24, 2.45) is 11.8 Å². The number of hydrogen-bond donors (Lipinski definition) is 1. The van der Waals surface area contributed by atoms with Crippen molar-refractivity contribution in [1.29, 1.82) is 0 Å². The molecule has 7 nitrogen and oxygen atoms in total. The van der Waals surface area contributed by atoms with Crippen molar-refractivity contribution in [2.75, 3.05) is 32.0 Å². The minimum atomic E-state index is -4.82. The molecule has 6 rings (SSSR count). The number of alkyl halides is 3. The van der Waals surface area contributed by atoms with Crippen LogP contribution in [0.2, 0.25) is 0 Å². The number of hydrogen-bond acceptors (Lipinski definition) is 6. The Bertz CT molecular complexity index is 1020. The Labute approximate surface area is 190 Å². The maximum Gasteiger partial charge on any atom is 0.573 e. The molecule has 2 aromatic heterocycles. The third-order valence-corrected chi connectivity index (χ3v) is 7.58. The van der Waals surface area contributed by atoms with Gasteiger partial charge in [-0.3, -0.25) is 4.90 Å². The highest BCUT2D eigenvalue weighted by Crippen LogP contribution is 2.62. The Morgan fingerprint density at radius 3 is 2.64 bits per heavy atom. The quantitative estimate of drug-likeness (QED) is 0.723. The first kappa shape index (κ1) is 21.2. The molecule has 4 aliphatic rings. The Morgan fingerprint density at radius 2 is 1.91 bits per heavy atom. The van der Waals surface area contributed by atoms with E-state index in [0.29, 0.717) is 41.1 Å². The molecule has 0 aromatic carbocycles. The molecule has 3 aliphatic carbocycles. The van der Waals surface area contributed by atoms with E-state index in [9.17, 15) is 13.2 Å². The number of imidazole rings is 1. The lowest BCUT2D eigenvalue weighted by molar-refractivity contribution is -0.274. The molecule has 0 radical (unpaired) electrons. The number of halogens is 3. The van der Waals surface area contributed by atoms with E-state index in [1.54, 1.807) is 0 Å². The molecule has 1 aliphatic heterocycles. The Balaban J connectivity index is 1.22. The summed E-state index contributed by atoms with van der Waals surface area (Å²) in [5, 5.41) is 0. The molecule has 10 heteroatoms. The van der Waals surface area contributed by atoms with Gasteiger partial charge in [0.15, 0.2) is 11.6 Å². The molecule has 3 heterocycles. The van der Waals surface area contributed by atoms with Gasteiger partial charge in [0.05, 0.1) is 12.3 Å². The van der Waals surface area contributed by atoms with Gasteiger partial charge >= 0.3 is 6.36 Å². The molecular weight excluding hydrogens is 435 g/mol. The van der Waals surface area contributed by atoms with E-state index in [2.05, 4.69) is 19.2 Å². The lowest BCUT2D eigenvalue weighted by atomic mass is 10.1. The average Bonchev–Trinajstić information content (AvgIpc) is 3.66. The minimum absolute atomic E-state index is 0.292. The SMILES string of the molecule is Nc1ncc(-c2cn(C3[C@H]4CC(N5CCCOCC5)C[C@@H]34)c(C3CC3)n2)cc1OC(F)(F)F. The lowest BCUT2D eigenvalue weighted by Gasteiger charge is -2.29. The number of nitrogens with two attached hydrogens (primary N) is 1. The molecule has 1 saturated heterocycles. The van der Waals surface area contributed by atoms with Crippen LogP contribution < -0.4 is 10.5 Å². The predicted octanol–water partition coefficient (Wildman–Crippen LogP) is 3.98. The first-order chi connectivity index (χ1) is 15.9. The van der Waals surface area contributed by atoms with Gasteiger partial charge in [0.1, 0.15) is 5.82 Å². The van der Waals surface area contributed by atoms with Crippen LogP contribution in [0.15, 0.2) is 18.5 Å². The summed E-state index contributed by atoms with van der Waals surface area (Å²) in [7, 11) is 0. The highest BCUT2D eigenvalue weighted by molar-refractivity contribution is 5.64. The standard InChI is InChI=1S/C23H28F3N5O2/c24-23(25,26)33-19-8-14(11-28-21(19)27)18-12-31(22(29-18)13-2-3-13)20-16-9-15(10-17(16)20)30-4-1-6-32-7-5-30/h8,11-13,15-17,20H,1-7,9-10H2,(H2,27,28)/t15?,16-,17+,20?. The van der Waals surface area contributed by atoms with Gasteiger partial charge in [-0.1, -0.05) is 0 Å². The maximum absolute atomic E-state index is 12.7. The molecule has 178 valence electrons. The fraction of sp³-hybridized carbons (Fsp3) is 0.652. The molecule has 2 unspecified atom stereocenters. The van der Waals surface area contributed by atoms with Crippen molar-refractivity contribution < 1.29 is 22.6 Å². The van der Waals surface area contributed by atoms with E-state index in [1.807, 2.05) is 6.20 Å². The third-order valence-electron chi connectivity index (χ3n) is 7.58. The van der Waals surface area contributed by atoms with E-state index in [4.69, 9.17) is 15.5 Å². The molecule has 2 N–H and O–H groups in total. The van der Waals surface area contributed by atoms with Gasteiger partial charge in [0.25, 0.3) is 0 Å². The third kappa shape index (κ3) is 4.19. The number of fused-ring (bicyclic) bond motifs is 1. The molecular formula is C23H28F3N5O2. The van der Waals surface area contributed by atoms with Crippen molar-refractivity contribution in [3.63, 3.8) is 0 Å². The molecule has 0 spiro atoms. The topological polar surface area (TPSA) is 78.4 Å². The zero-order chi connectivity index (χ0) is 22.7. The Kier molecular flexibility index (Phi) is 5.06. The van der Waals surface area contributed by atoms with Gasteiger partial charge in [0.2, 0.25) is 0 Å². The van der Waals surface area contributed by atoms with Crippen molar-refractivity contribution in [1.82, 2.24) is 19.4 Å². The highest BCUT2D eigenvalue weighted by Gasteiger charge is 2.58. The summed E-state index contributed by atoms with van der Waals surface area (Å²) in [6, 6.07) is 2.35. The van der Waals surface area contributed by atoms with Crippen LogP contribution in [-0.2, 0) is 4.74 Å². The number of aromatic nitrogens is 3. The van der Waals surface area contributed by atoms with Crippen LogP contribution in [0, 0.1) is 11.8 Å². The van der Waals surface area contributed by atoms with Gasteiger partial charge < -0.3 is 19.8 Å². The second-order valence-corrected chi connectivity index (χ2v) is 9.77. The molecule has 0 bridgehead atoms. The second-order valence-electron chi connectivity index (χ2n) is 9.77. The monoisotopic (exact) mass is 463 g/mol. The number of nitrogens with zero attached hydrogens (tertiary/aromatic N) is 4. The van der Waals surface area contributed by atoms with Crippen LogP contribution in [0.3, 0.4) is 0 Å². The average molecular weight is 464 g/mol. The second kappa shape index (κ2) is 7.87. The van der Waals surface area contributed by atoms with E-state index >= 15 is 0 Å². The van der Waals surface area contributed by atoms with Crippen LogP contribution in [0.4, 0.5) is 19.0 Å². The molecule has 2 aromatic rings. The molecule has 33 heavy (non-hydrogen) atoms. The van der Waals surface area contributed by atoms with Crippen LogP contribution >= 0.6 is 0 Å². The number of rotatable bonds is 5. The van der Waals surface area contributed by atoms with E-state index in [1.165, 1.54) is 25.1 Å². The van der Waals surface area contributed by atoms with Gasteiger partial charge in [-0.25, -0.2) is 9.97 Å². The summed E-state index contributed by atoms with van der Waals surface area (Å²) < 4.78 is 50.2. The summed E-state index contributed by atoms with van der Waals surface area (Å²) >= 11 is 0. The smallest absolute Gasteiger partial charge is 0.402 e. The van der Waals surface area contributed by atoms with Crippen molar-refractivity contribution in [3.8, 4) is 17.0 Å². The fourth-order valence-electron chi connectivity index (χ4n) is 5.85. The van der Waals surface area contributed by atoms with E-state index in [-0.39, 0.29) is 5.82 Å². The minimum Gasteiger partial charge on any atom is -0.402 e. The molecule has 4 atom stereocenters. The van der Waals surface area contributed by atoms with Crippen LogP contribution in [0.25, 0.3) is 11.3 Å². The zero-order valence-corrected chi connectivity index (χ0v) is 18.3. The lowest BCUT2D eigenvalue weighted by Crippen LogP contribution is -2.36. The predicted molar refractivity (Wildman–Crippen MR) is 115 cm³/mol.